The molecule has 2 aromatic carbocycles. The summed E-state index contributed by atoms with van der Waals surface area (Å²) in [6.07, 6.45) is 3.04. The van der Waals surface area contributed by atoms with E-state index in [9.17, 15) is 14.9 Å². The maximum atomic E-state index is 13.1. The van der Waals surface area contributed by atoms with Crippen LogP contribution in [0.4, 0.5) is 5.69 Å². The van der Waals surface area contributed by atoms with Crippen LogP contribution >= 0.6 is 0 Å². The molecule has 3 rings (SSSR count). The molecule has 0 fully saturated rings. The van der Waals surface area contributed by atoms with Crippen molar-refractivity contribution in [2.45, 2.75) is 26.4 Å². The molecule has 0 aliphatic heterocycles. The molecule has 170 valence electrons. The van der Waals surface area contributed by atoms with Crippen molar-refractivity contribution < 1.29 is 9.83 Å². The summed E-state index contributed by atoms with van der Waals surface area (Å²) < 4.78 is 0. The number of rotatable bonds is 6. The van der Waals surface area contributed by atoms with Gasteiger partial charge in [-0.15, -0.1) is 0 Å². The van der Waals surface area contributed by atoms with Crippen molar-refractivity contribution in [3.05, 3.63) is 94.8 Å². The minimum Gasteiger partial charge on any atom is -0.334 e. The maximum Gasteiger partial charge on any atom is 0.253 e. The molecular weight excluding hydrogens is 420 g/mol. The van der Waals surface area contributed by atoms with Gasteiger partial charge >= 0.3 is 0 Å². The normalized spacial score (nSPS) is 13.6. The fraction of sp³-hybridized carbons (Fsp3) is 0.208. The number of aromatic nitrogens is 1. The van der Waals surface area contributed by atoms with Crippen molar-refractivity contribution in [1.29, 1.82) is 0 Å². The van der Waals surface area contributed by atoms with E-state index in [2.05, 4.69) is 20.7 Å². The van der Waals surface area contributed by atoms with E-state index in [-0.39, 0.29) is 5.84 Å². The van der Waals surface area contributed by atoms with Gasteiger partial charge in [0.15, 0.2) is 10.7 Å². The molecule has 9 nitrogen and oxygen atoms in total. The van der Waals surface area contributed by atoms with E-state index >= 15 is 0 Å². The van der Waals surface area contributed by atoms with Crippen molar-refractivity contribution in [3.8, 4) is 11.1 Å². The third-order valence-corrected chi connectivity index (χ3v) is 5.23. The van der Waals surface area contributed by atoms with Crippen molar-refractivity contribution in [3.63, 3.8) is 0 Å². The third kappa shape index (κ3) is 5.58. The Bertz CT molecular complexity index is 1140. The van der Waals surface area contributed by atoms with E-state index in [0.29, 0.717) is 11.3 Å². The Morgan fingerprint density at radius 2 is 1.64 bits per heavy atom. The molecule has 0 radical (unpaired) electrons. The summed E-state index contributed by atoms with van der Waals surface area (Å²) in [6.45, 7) is 5.27. The average molecular weight is 447 g/mol. The highest BCUT2D eigenvalue weighted by Gasteiger charge is 2.47. The minimum absolute atomic E-state index is 0.220. The van der Waals surface area contributed by atoms with Crippen LogP contribution in [0.25, 0.3) is 11.1 Å². The van der Waals surface area contributed by atoms with E-state index in [1.165, 1.54) is 6.20 Å². The van der Waals surface area contributed by atoms with Gasteiger partial charge in [-0.1, -0.05) is 63.2 Å². The van der Waals surface area contributed by atoms with Crippen LogP contribution in [0.3, 0.4) is 0 Å². The Balaban J connectivity index is 1.92. The highest BCUT2D eigenvalue weighted by atomic mass is 16.7. The van der Waals surface area contributed by atoms with Gasteiger partial charge in [0.1, 0.15) is 0 Å². The second-order valence-electron chi connectivity index (χ2n) is 8.51. The van der Waals surface area contributed by atoms with Crippen LogP contribution in [-0.4, -0.2) is 27.4 Å². The van der Waals surface area contributed by atoms with Gasteiger partial charge in [0, 0.05) is 17.2 Å². The van der Waals surface area contributed by atoms with Crippen LogP contribution < -0.4 is 16.4 Å². The Morgan fingerprint density at radius 1 is 1.00 bits per heavy atom. The molecule has 4 N–H and O–H groups in total. The maximum absolute atomic E-state index is 13.1. The molecule has 1 unspecified atom stereocenters. The smallest absolute Gasteiger partial charge is 0.253 e. The number of carbonyl (C=O) groups is 1. The van der Waals surface area contributed by atoms with Crippen LogP contribution in [-0.2, 0) is 0 Å². The summed E-state index contributed by atoms with van der Waals surface area (Å²) >= 11 is 0. The van der Waals surface area contributed by atoms with Gasteiger partial charge in [-0.3, -0.25) is 9.78 Å². The van der Waals surface area contributed by atoms with Crippen molar-refractivity contribution in [1.82, 2.24) is 10.3 Å². The molecule has 0 bridgehead atoms. The first-order valence-corrected chi connectivity index (χ1v) is 10.3. The number of hydrazone groups is 1. The first-order chi connectivity index (χ1) is 15.6. The first-order valence-electron chi connectivity index (χ1n) is 10.3. The largest absolute Gasteiger partial charge is 0.334 e. The molecule has 0 spiro atoms. The third-order valence-electron chi connectivity index (χ3n) is 5.23. The van der Waals surface area contributed by atoms with E-state index in [4.69, 9.17) is 5.73 Å². The summed E-state index contributed by atoms with van der Waals surface area (Å²) in [5.41, 5.74) is 6.85. The SMILES string of the molecule is CC(C)(C)C(N)(NC(=O)c1ccc(-c2ccccc2)cc1)C(=N[N+](=O)[O-])Nc1cccnc1. The fourth-order valence-corrected chi connectivity index (χ4v) is 3.16. The fourth-order valence-electron chi connectivity index (χ4n) is 3.16. The highest BCUT2D eigenvalue weighted by molar-refractivity contribution is 6.06. The van der Waals surface area contributed by atoms with E-state index < -0.39 is 22.0 Å². The highest BCUT2D eigenvalue weighted by Crippen LogP contribution is 2.29. The summed E-state index contributed by atoms with van der Waals surface area (Å²) in [7, 11) is 0. The number of amides is 1. The van der Waals surface area contributed by atoms with E-state index in [1.807, 2.05) is 42.5 Å². The quantitative estimate of drug-likeness (QED) is 0.173. The summed E-state index contributed by atoms with van der Waals surface area (Å²) in [4.78, 5) is 28.4. The van der Waals surface area contributed by atoms with Gasteiger partial charge in [0.25, 0.3) is 5.91 Å². The number of nitrogens with one attached hydrogen (secondary N) is 2. The Labute approximate surface area is 191 Å². The molecule has 1 heterocycles. The van der Waals surface area contributed by atoms with Gasteiger partial charge in [0.05, 0.1) is 17.0 Å². The predicted octanol–water partition coefficient (Wildman–Crippen LogP) is 3.88. The van der Waals surface area contributed by atoms with Crippen LogP contribution in [0, 0.1) is 15.5 Å². The molecule has 1 atom stereocenters. The number of nitrogens with zero attached hydrogens (tertiary/aromatic N) is 3. The number of amidine groups is 1. The molecule has 9 heteroatoms. The monoisotopic (exact) mass is 446 g/mol. The Morgan fingerprint density at radius 3 is 2.18 bits per heavy atom. The summed E-state index contributed by atoms with van der Waals surface area (Å²) in [5.74, 6) is -0.710. The van der Waals surface area contributed by atoms with Crippen molar-refractivity contribution in [2.24, 2.45) is 16.3 Å². The molecule has 0 aliphatic rings. The molecular formula is C24H26N6O3. The predicted molar refractivity (Wildman–Crippen MR) is 128 cm³/mol. The van der Waals surface area contributed by atoms with Gasteiger partial charge in [-0.2, -0.15) is 0 Å². The summed E-state index contributed by atoms with van der Waals surface area (Å²) in [5, 5.41) is 19.5. The first kappa shape index (κ1) is 23.6. The van der Waals surface area contributed by atoms with Crippen molar-refractivity contribution >= 4 is 17.4 Å². The average Bonchev–Trinajstić information content (AvgIpc) is 2.79. The molecule has 0 saturated heterocycles. The number of pyridine rings is 1. The second kappa shape index (κ2) is 9.58. The molecule has 33 heavy (non-hydrogen) atoms. The minimum atomic E-state index is -1.70. The molecule has 0 aliphatic carbocycles. The number of nitrogens with two attached hydrogens (primary N) is 1. The number of anilines is 1. The molecule has 3 aromatic rings. The van der Waals surface area contributed by atoms with Gasteiger partial charge in [0.2, 0.25) is 5.84 Å². The Kier molecular flexibility index (Phi) is 6.83. The zero-order chi connectivity index (χ0) is 24.1. The van der Waals surface area contributed by atoms with Gasteiger partial charge < -0.3 is 16.4 Å². The lowest BCUT2D eigenvalue weighted by Crippen LogP contribution is -2.70. The van der Waals surface area contributed by atoms with Crippen LogP contribution in [0.15, 0.2) is 84.2 Å². The number of hydrogen-bond acceptors (Lipinski definition) is 5. The number of hydrogen-bond donors (Lipinski definition) is 3. The lowest BCUT2D eigenvalue weighted by atomic mass is 9.79. The van der Waals surface area contributed by atoms with E-state index in [1.54, 1.807) is 51.2 Å². The number of benzene rings is 2. The zero-order valence-electron chi connectivity index (χ0n) is 18.6. The van der Waals surface area contributed by atoms with Crippen LogP contribution in [0.1, 0.15) is 31.1 Å². The van der Waals surface area contributed by atoms with Crippen molar-refractivity contribution in [2.75, 3.05) is 5.32 Å². The van der Waals surface area contributed by atoms with E-state index in [0.717, 1.165) is 11.1 Å². The zero-order valence-corrected chi connectivity index (χ0v) is 18.6. The number of carbonyl (C=O) groups excluding carboxylic acids is 1. The standard InChI is InChI=1S/C24H26N6O3/c1-23(2,3)24(25,22(29-30(32)33)27-20-10-7-15-26-16-20)28-21(31)19-13-11-18(12-14-19)17-8-5-4-6-9-17/h4-16H,25H2,1-3H3,(H,27,29)(H,28,31). The molecule has 1 aromatic heterocycles. The molecule has 1 amide bonds. The molecule has 0 saturated carbocycles. The number of nitro groups is 1. The van der Waals surface area contributed by atoms with Gasteiger partial charge in [-0.05, 0) is 35.4 Å². The van der Waals surface area contributed by atoms with Crippen LogP contribution in [0.5, 0.6) is 0 Å². The second-order valence-corrected chi connectivity index (χ2v) is 8.51. The lowest BCUT2D eigenvalue weighted by Gasteiger charge is -2.41. The summed E-state index contributed by atoms with van der Waals surface area (Å²) in [6, 6.07) is 20.1. The van der Waals surface area contributed by atoms with Crippen LogP contribution in [0.2, 0.25) is 0 Å². The Hall–Kier alpha value is -4.11. The lowest BCUT2D eigenvalue weighted by molar-refractivity contribution is -0.485. The van der Waals surface area contributed by atoms with Gasteiger partial charge in [-0.25, -0.2) is 10.1 Å². The topological polar surface area (TPSA) is 136 Å².